The van der Waals surface area contributed by atoms with Gasteiger partial charge in [-0.2, -0.15) is 0 Å². The fraction of sp³-hybridized carbons (Fsp3) is 0.824. The Balaban J connectivity index is 2.00. The lowest BCUT2D eigenvalue weighted by Gasteiger charge is -2.50. The number of fused-ring (bicyclic) bond motifs is 1. The summed E-state index contributed by atoms with van der Waals surface area (Å²) in [5.74, 6) is -4.39. The van der Waals surface area contributed by atoms with Gasteiger partial charge in [0.2, 0.25) is 5.79 Å². The fourth-order valence-corrected chi connectivity index (χ4v) is 3.85. The van der Waals surface area contributed by atoms with E-state index in [2.05, 4.69) is 0 Å². The molecule has 0 aromatic carbocycles. The van der Waals surface area contributed by atoms with Crippen LogP contribution in [-0.2, 0) is 28.5 Å². The summed E-state index contributed by atoms with van der Waals surface area (Å²) in [6, 6.07) is 0. The third kappa shape index (κ3) is 3.22. The van der Waals surface area contributed by atoms with Crippen molar-refractivity contribution in [3.8, 4) is 0 Å². The van der Waals surface area contributed by atoms with Crippen molar-refractivity contribution in [2.75, 3.05) is 13.2 Å². The molecule has 3 heterocycles. The van der Waals surface area contributed by atoms with Gasteiger partial charge >= 0.3 is 5.97 Å². The van der Waals surface area contributed by atoms with Gasteiger partial charge in [0.05, 0.1) is 6.61 Å². The fourth-order valence-electron chi connectivity index (χ4n) is 3.85. The summed E-state index contributed by atoms with van der Waals surface area (Å²) in [4.78, 5) is 11.0. The van der Waals surface area contributed by atoms with Gasteiger partial charge in [-0.25, -0.2) is 4.79 Å². The van der Waals surface area contributed by atoms with Crippen LogP contribution in [0.5, 0.6) is 0 Å². The first kappa shape index (κ1) is 18.8. The molecule has 8 heteroatoms. The van der Waals surface area contributed by atoms with E-state index >= 15 is 0 Å². The van der Waals surface area contributed by atoms with Crippen LogP contribution in [0, 0.1) is 0 Å². The molecule has 4 atom stereocenters. The summed E-state index contributed by atoms with van der Waals surface area (Å²) in [5.41, 5.74) is -1.21. The highest BCUT2D eigenvalue weighted by atomic mass is 16.9. The molecular formula is C17H26O8. The summed E-state index contributed by atoms with van der Waals surface area (Å²) < 4.78 is 29.3. The number of hydrogen-bond donors (Lipinski definition) is 2. The van der Waals surface area contributed by atoms with E-state index in [9.17, 15) is 9.90 Å². The van der Waals surface area contributed by atoms with Gasteiger partial charge in [0.25, 0.3) is 0 Å². The minimum Gasteiger partial charge on any atom is -0.478 e. The maximum absolute atomic E-state index is 11.7. The Bertz CT molecular complexity index is 595. The minimum atomic E-state index is -1.67. The van der Waals surface area contributed by atoms with Crippen molar-refractivity contribution < 1.29 is 38.7 Å². The van der Waals surface area contributed by atoms with Gasteiger partial charge in [-0.3, -0.25) is 0 Å². The number of carbonyl (C=O) groups is 1. The maximum atomic E-state index is 11.7. The number of ether oxygens (including phenoxy) is 5. The van der Waals surface area contributed by atoms with Gasteiger partial charge in [-0.15, -0.1) is 0 Å². The van der Waals surface area contributed by atoms with Crippen LogP contribution in [0.1, 0.15) is 41.0 Å². The van der Waals surface area contributed by atoms with Gasteiger partial charge in [0.1, 0.15) is 18.8 Å². The molecule has 0 bridgehead atoms. The molecule has 3 aliphatic heterocycles. The molecule has 0 radical (unpaired) electrons. The van der Waals surface area contributed by atoms with Gasteiger partial charge in [-0.05, 0) is 34.6 Å². The highest BCUT2D eigenvalue weighted by molar-refractivity contribution is 5.80. The van der Waals surface area contributed by atoms with Gasteiger partial charge in [0, 0.05) is 12.5 Å². The molecule has 3 rings (SSSR count). The van der Waals surface area contributed by atoms with Crippen LogP contribution < -0.4 is 0 Å². The van der Waals surface area contributed by atoms with E-state index in [0.29, 0.717) is 5.57 Å². The largest absolute Gasteiger partial charge is 0.478 e. The van der Waals surface area contributed by atoms with Crippen molar-refractivity contribution in [1.29, 1.82) is 0 Å². The molecule has 0 aliphatic carbocycles. The van der Waals surface area contributed by atoms with E-state index in [1.54, 1.807) is 34.6 Å². The van der Waals surface area contributed by atoms with Crippen molar-refractivity contribution in [3.63, 3.8) is 0 Å². The number of hydrogen-bond acceptors (Lipinski definition) is 7. The van der Waals surface area contributed by atoms with Crippen molar-refractivity contribution in [2.45, 2.75) is 76.2 Å². The Morgan fingerprint density at radius 3 is 2.40 bits per heavy atom. The lowest BCUT2D eigenvalue weighted by atomic mass is 9.77. The molecule has 3 aliphatic rings. The van der Waals surface area contributed by atoms with E-state index in [1.165, 1.54) is 0 Å². The maximum Gasteiger partial charge on any atom is 0.328 e. The first-order valence-corrected chi connectivity index (χ1v) is 8.34. The lowest BCUT2D eigenvalue weighted by Crippen LogP contribution is -2.71. The van der Waals surface area contributed by atoms with Crippen LogP contribution in [0.4, 0.5) is 0 Å². The predicted molar refractivity (Wildman–Crippen MR) is 84.6 cm³/mol. The Hall–Kier alpha value is -1.03. The molecule has 3 saturated heterocycles. The smallest absolute Gasteiger partial charge is 0.328 e. The molecule has 0 aromatic heterocycles. The molecule has 2 N–H and O–H groups in total. The second-order valence-corrected chi connectivity index (χ2v) is 7.88. The first-order valence-electron chi connectivity index (χ1n) is 8.34. The standard InChI is InChI=1S/C17H26O8/c1-10(6-12(18)19)7-16(20)13-11(23-15(4,5)24-13)8-21-17(16)9-22-14(2,3)25-17/h6,11,13,20H,7-9H2,1-5H3,(H,18,19)/b10-6+/t11-,13-,16-,17+/m1/s1. The molecule has 25 heavy (non-hydrogen) atoms. The summed E-state index contributed by atoms with van der Waals surface area (Å²) in [5, 5.41) is 20.7. The molecule has 142 valence electrons. The summed E-state index contributed by atoms with van der Waals surface area (Å²) >= 11 is 0. The Morgan fingerprint density at radius 2 is 1.84 bits per heavy atom. The van der Waals surface area contributed by atoms with E-state index in [1.807, 2.05) is 0 Å². The number of carboxylic acid groups (broad SMARTS) is 1. The average molecular weight is 358 g/mol. The molecule has 0 unspecified atom stereocenters. The Labute approximate surface area is 146 Å². The van der Waals surface area contributed by atoms with Crippen LogP contribution in [0.25, 0.3) is 0 Å². The van der Waals surface area contributed by atoms with Crippen molar-refractivity contribution >= 4 is 5.97 Å². The molecule has 0 amide bonds. The number of aliphatic carboxylic acids is 1. The topological polar surface area (TPSA) is 104 Å². The Kier molecular flexibility index (Phi) is 4.30. The van der Waals surface area contributed by atoms with E-state index in [0.717, 1.165) is 6.08 Å². The van der Waals surface area contributed by atoms with Crippen LogP contribution in [0.3, 0.4) is 0 Å². The second kappa shape index (κ2) is 5.73. The van der Waals surface area contributed by atoms with Crippen LogP contribution in [0.2, 0.25) is 0 Å². The summed E-state index contributed by atoms with van der Waals surface area (Å²) in [6.07, 6.45) is -0.197. The van der Waals surface area contributed by atoms with Gasteiger partial charge in [0.15, 0.2) is 17.2 Å². The minimum absolute atomic E-state index is 0.00383. The third-order valence-corrected chi connectivity index (χ3v) is 4.73. The van der Waals surface area contributed by atoms with Gasteiger partial charge < -0.3 is 33.9 Å². The van der Waals surface area contributed by atoms with Crippen molar-refractivity contribution in [1.82, 2.24) is 0 Å². The van der Waals surface area contributed by atoms with Gasteiger partial charge in [-0.1, -0.05) is 5.57 Å². The number of rotatable bonds is 3. The second-order valence-electron chi connectivity index (χ2n) is 7.88. The Morgan fingerprint density at radius 1 is 1.16 bits per heavy atom. The molecule has 3 fully saturated rings. The summed E-state index contributed by atoms with van der Waals surface area (Å²) in [7, 11) is 0. The highest BCUT2D eigenvalue weighted by Gasteiger charge is 2.70. The van der Waals surface area contributed by atoms with Crippen molar-refractivity contribution in [3.05, 3.63) is 11.6 Å². The zero-order chi connectivity index (χ0) is 18.7. The molecule has 1 spiro atoms. The number of aliphatic hydroxyl groups is 1. The number of carboxylic acids is 1. The molecule has 0 aromatic rings. The monoisotopic (exact) mass is 358 g/mol. The molecular weight excluding hydrogens is 332 g/mol. The lowest BCUT2D eigenvalue weighted by molar-refractivity contribution is -0.366. The van der Waals surface area contributed by atoms with Crippen LogP contribution in [0.15, 0.2) is 11.6 Å². The summed E-state index contributed by atoms with van der Waals surface area (Å²) in [6.45, 7) is 8.79. The van der Waals surface area contributed by atoms with Crippen LogP contribution in [-0.4, -0.2) is 64.6 Å². The normalized spacial score (nSPS) is 42.6. The predicted octanol–water partition coefficient (Wildman–Crippen LogP) is 1.17. The first-order chi connectivity index (χ1) is 11.4. The molecule has 8 nitrogen and oxygen atoms in total. The quantitative estimate of drug-likeness (QED) is 0.725. The highest BCUT2D eigenvalue weighted by Crippen LogP contribution is 2.51. The zero-order valence-corrected chi connectivity index (χ0v) is 15.2. The van der Waals surface area contributed by atoms with E-state index in [-0.39, 0.29) is 19.6 Å². The zero-order valence-electron chi connectivity index (χ0n) is 15.2. The van der Waals surface area contributed by atoms with E-state index < -0.39 is 41.1 Å². The third-order valence-electron chi connectivity index (χ3n) is 4.73. The van der Waals surface area contributed by atoms with Crippen LogP contribution >= 0.6 is 0 Å². The van der Waals surface area contributed by atoms with E-state index in [4.69, 9.17) is 28.8 Å². The SMILES string of the molecule is C/C(=C\C(=O)O)C[C@@]1(O)[C@@H]2OC(C)(C)O[C@@H]2CO[C@]12COC(C)(C)O2. The average Bonchev–Trinajstić information content (AvgIpc) is 2.92. The molecule has 0 saturated carbocycles. The van der Waals surface area contributed by atoms with Crippen molar-refractivity contribution in [2.24, 2.45) is 0 Å².